The smallest absolute Gasteiger partial charge is 0.306 e. The van der Waals surface area contributed by atoms with Gasteiger partial charge in [-0.2, -0.15) is 13.2 Å². The van der Waals surface area contributed by atoms with Crippen LogP contribution in [-0.4, -0.2) is 18.8 Å². The number of hydrogen-bond donors (Lipinski definition) is 1. The fourth-order valence-electron chi connectivity index (χ4n) is 1.54. The van der Waals surface area contributed by atoms with Gasteiger partial charge in [-0.15, -0.1) is 0 Å². The second kappa shape index (κ2) is 6.52. The van der Waals surface area contributed by atoms with Crippen LogP contribution in [0.4, 0.5) is 17.6 Å². The van der Waals surface area contributed by atoms with Crippen LogP contribution in [0.3, 0.4) is 0 Å². The van der Waals surface area contributed by atoms with Crippen molar-refractivity contribution in [2.45, 2.75) is 32.0 Å². The molecule has 1 nitrogen and oxygen atoms in total. The minimum atomic E-state index is -4.38. The van der Waals surface area contributed by atoms with Gasteiger partial charge in [-0.1, -0.05) is 22.9 Å². The summed E-state index contributed by atoms with van der Waals surface area (Å²) in [7, 11) is 0. The molecule has 0 heterocycles. The van der Waals surface area contributed by atoms with Crippen molar-refractivity contribution in [3.63, 3.8) is 0 Å². The van der Waals surface area contributed by atoms with E-state index < -0.39 is 24.5 Å². The van der Waals surface area contributed by atoms with Gasteiger partial charge in [0.2, 0.25) is 0 Å². The molecule has 1 N–H and O–H groups in total. The van der Waals surface area contributed by atoms with E-state index in [1.165, 1.54) is 12.1 Å². The van der Waals surface area contributed by atoms with Gasteiger partial charge in [0, 0.05) is 4.47 Å². The number of rotatable bonds is 5. The van der Waals surface area contributed by atoms with Crippen molar-refractivity contribution in [2.75, 3.05) is 6.54 Å². The molecule has 0 saturated carbocycles. The number of nitrogens with one attached hydrogen (secondary N) is 1. The minimum Gasteiger partial charge on any atom is -0.306 e. The van der Waals surface area contributed by atoms with E-state index in [2.05, 4.69) is 21.2 Å². The number of alkyl halides is 3. The molecule has 1 aromatic carbocycles. The quantitative estimate of drug-likeness (QED) is 0.804. The van der Waals surface area contributed by atoms with Crippen LogP contribution in [0.2, 0.25) is 0 Å². The fraction of sp³-hybridized carbons (Fsp3) is 0.500. The predicted molar refractivity (Wildman–Crippen MR) is 65.9 cm³/mol. The van der Waals surface area contributed by atoms with Crippen molar-refractivity contribution >= 4 is 15.9 Å². The molecule has 1 unspecified atom stereocenters. The maximum absolute atomic E-state index is 13.4. The molecule has 0 aliphatic heterocycles. The summed E-state index contributed by atoms with van der Waals surface area (Å²) in [5.41, 5.74) is 0.0512. The molecule has 0 fully saturated rings. The Balaban J connectivity index is 2.85. The van der Waals surface area contributed by atoms with Gasteiger partial charge in [-0.05, 0) is 43.1 Å². The average Bonchev–Trinajstić information content (AvgIpc) is 2.27. The summed E-state index contributed by atoms with van der Waals surface area (Å²) in [4.78, 5) is 0. The Labute approximate surface area is 112 Å². The summed E-state index contributed by atoms with van der Waals surface area (Å²) in [5.74, 6) is -0.620. The van der Waals surface area contributed by atoms with Crippen molar-refractivity contribution in [3.05, 3.63) is 34.1 Å². The summed E-state index contributed by atoms with van der Waals surface area (Å²) in [6.45, 7) is 2.03. The molecular formula is C12H14BrF4N. The van der Waals surface area contributed by atoms with Crippen LogP contribution in [-0.2, 0) is 6.42 Å². The number of benzene rings is 1. The molecule has 0 bridgehead atoms. The Kier molecular flexibility index (Phi) is 5.59. The van der Waals surface area contributed by atoms with E-state index in [4.69, 9.17) is 0 Å². The first-order valence-corrected chi connectivity index (χ1v) is 6.38. The van der Waals surface area contributed by atoms with Crippen molar-refractivity contribution in [3.8, 4) is 0 Å². The zero-order valence-corrected chi connectivity index (χ0v) is 11.4. The minimum absolute atomic E-state index is 0.0512. The molecule has 18 heavy (non-hydrogen) atoms. The van der Waals surface area contributed by atoms with E-state index in [1.54, 1.807) is 6.92 Å². The predicted octanol–water partition coefficient (Wildman–Crippen LogP) is 4.06. The second-order valence-corrected chi connectivity index (χ2v) is 4.90. The molecule has 0 aliphatic carbocycles. The SMILES string of the molecule is CCCNC(Cc1cc(Br)ccc1F)C(F)(F)F. The summed E-state index contributed by atoms with van der Waals surface area (Å²) in [6.07, 6.45) is -4.20. The van der Waals surface area contributed by atoms with Crippen LogP contribution >= 0.6 is 15.9 Å². The molecule has 0 radical (unpaired) electrons. The lowest BCUT2D eigenvalue weighted by Gasteiger charge is -2.21. The highest BCUT2D eigenvalue weighted by atomic mass is 79.9. The first kappa shape index (κ1) is 15.4. The van der Waals surface area contributed by atoms with Gasteiger partial charge >= 0.3 is 6.18 Å². The van der Waals surface area contributed by atoms with Gasteiger partial charge in [0.1, 0.15) is 11.9 Å². The lowest BCUT2D eigenvalue weighted by molar-refractivity contribution is -0.155. The maximum Gasteiger partial charge on any atom is 0.404 e. The van der Waals surface area contributed by atoms with Gasteiger partial charge in [-0.25, -0.2) is 4.39 Å². The molecule has 0 aliphatic rings. The molecule has 102 valence electrons. The highest BCUT2D eigenvalue weighted by Crippen LogP contribution is 2.25. The van der Waals surface area contributed by atoms with Crippen molar-refractivity contribution in [1.82, 2.24) is 5.32 Å². The van der Waals surface area contributed by atoms with E-state index in [9.17, 15) is 17.6 Å². The normalized spacial score (nSPS) is 13.7. The summed E-state index contributed by atoms with van der Waals surface area (Å²) >= 11 is 3.12. The molecule has 1 aromatic rings. The standard InChI is InChI=1S/C12H14BrF4N/c1-2-5-18-11(12(15,16)17)7-8-6-9(13)3-4-10(8)14/h3-4,6,11,18H,2,5,7H2,1H3. The highest BCUT2D eigenvalue weighted by Gasteiger charge is 2.39. The average molecular weight is 328 g/mol. The van der Waals surface area contributed by atoms with E-state index in [-0.39, 0.29) is 12.1 Å². The van der Waals surface area contributed by atoms with Crippen LogP contribution in [0.15, 0.2) is 22.7 Å². The Morgan fingerprint density at radius 3 is 2.56 bits per heavy atom. The summed E-state index contributed by atoms with van der Waals surface area (Å²) in [6, 6.07) is 2.27. The summed E-state index contributed by atoms with van der Waals surface area (Å²) < 4.78 is 52.3. The monoisotopic (exact) mass is 327 g/mol. The lowest BCUT2D eigenvalue weighted by Crippen LogP contribution is -2.44. The van der Waals surface area contributed by atoms with E-state index in [0.717, 1.165) is 6.07 Å². The Morgan fingerprint density at radius 1 is 1.33 bits per heavy atom. The molecule has 0 amide bonds. The van der Waals surface area contributed by atoms with Crippen LogP contribution in [0.1, 0.15) is 18.9 Å². The third-order valence-corrected chi connectivity index (χ3v) is 2.96. The van der Waals surface area contributed by atoms with Crippen LogP contribution < -0.4 is 5.32 Å². The zero-order chi connectivity index (χ0) is 13.8. The third kappa shape index (κ3) is 4.57. The molecule has 0 saturated heterocycles. The largest absolute Gasteiger partial charge is 0.404 e. The van der Waals surface area contributed by atoms with Crippen LogP contribution in [0, 0.1) is 5.82 Å². The molecular weight excluding hydrogens is 314 g/mol. The Morgan fingerprint density at radius 2 is 2.00 bits per heavy atom. The Hall–Kier alpha value is -0.620. The van der Waals surface area contributed by atoms with E-state index in [0.29, 0.717) is 10.9 Å². The van der Waals surface area contributed by atoms with E-state index in [1.807, 2.05) is 0 Å². The lowest BCUT2D eigenvalue weighted by atomic mass is 10.0. The van der Waals surface area contributed by atoms with Crippen LogP contribution in [0.25, 0.3) is 0 Å². The second-order valence-electron chi connectivity index (χ2n) is 3.99. The maximum atomic E-state index is 13.4. The zero-order valence-electron chi connectivity index (χ0n) is 9.82. The van der Waals surface area contributed by atoms with Gasteiger partial charge in [0.05, 0.1) is 0 Å². The van der Waals surface area contributed by atoms with Crippen molar-refractivity contribution in [1.29, 1.82) is 0 Å². The van der Waals surface area contributed by atoms with Gasteiger partial charge in [0.25, 0.3) is 0 Å². The molecule has 1 atom stereocenters. The van der Waals surface area contributed by atoms with Crippen molar-refractivity contribution < 1.29 is 17.6 Å². The molecule has 0 spiro atoms. The van der Waals surface area contributed by atoms with Gasteiger partial charge in [-0.3, -0.25) is 0 Å². The highest BCUT2D eigenvalue weighted by molar-refractivity contribution is 9.10. The third-order valence-electron chi connectivity index (χ3n) is 2.47. The van der Waals surface area contributed by atoms with Crippen LogP contribution in [0.5, 0.6) is 0 Å². The topological polar surface area (TPSA) is 12.0 Å². The van der Waals surface area contributed by atoms with Gasteiger partial charge < -0.3 is 5.32 Å². The molecule has 0 aromatic heterocycles. The molecule has 6 heteroatoms. The van der Waals surface area contributed by atoms with E-state index >= 15 is 0 Å². The number of halogens is 5. The fourth-order valence-corrected chi connectivity index (χ4v) is 1.95. The van der Waals surface area contributed by atoms with Gasteiger partial charge in [0.15, 0.2) is 0 Å². The first-order valence-electron chi connectivity index (χ1n) is 5.58. The number of hydrogen-bond acceptors (Lipinski definition) is 1. The summed E-state index contributed by atoms with van der Waals surface area (Å²) in [5, 5.41) is 2.40. The first-order chi connectivity index (χ1) is 8.34. The Bertz CT molecular complexity index is 392. The molecule has 1 rings (SSSR count). The van der Waals surface area contributed by atoms with Crippen molar-refractivity contribution in [2.24, 2.45) is 0 Å².